The van der Waals surface area contributed by atoms with Crippen molar-refractivity contribution < 1.29 is 4.79 Å². The average Bonchev–Trinajstić information content (AvgIpc) is 2.92. The van der Waals surface area contributed by atoms with Crippen molar-refractivity contribution in [1.82, 2.24) is 19.9 Å². The molecule has 2 N–H and O–H groups in total. The molecule has 0 aliphatic rings. The van der Waals surface area contributed by atoms with Gasteiger partial charge < -0.3 is 5.32 Å². The number of nitrogens with one attached hydrogen (secondary N) is 2. The van der Waals surface area contributed by atoms with E-state index in [2.05, 4.69) is 15.3 Å². The van der Waals surface area contributed by atoms with Crippen molar-refractivity contribution in [2.45, 2.75) is 33.2 Å². The molecule has 0 saturated carbocycles. The Hall–Kier alpha value is -2.74. The molecule has 0 spiro atoms. The van der Waals surface area contributed by atoms with Crippen LogP contribution in [-0.2, 0) is 17.8 Å². The lowest BCUT2D eigenvalue weighted by Crippen LogP contribution is -2.33. The maximum atomic E-state index is 12.1. The van der Waals surface area contributed by atoms with Crippen molar-refractivity contribution >= 4 is 28.1 Å². The molecule has 2 heterocycles. The number of fused-ring (bicyclic) bond motifs is 1. The van der Waals surface area contributed by atoms with Crippen LogP contribution in [0.25, 0.3) is 10.9 Å². The molecule has 0 aliphatic heterocycles. The number of benzene rings is 1. The second-order valence-corrected chi connectivity index (χ2v) is 7.31. The molecule has 0 unspecified atom stereocenters. The van der Waals surface area contributed by atoms with Crippen LogP contribution in [0.4, 0.5) is 0 Å². The molecule has 3 aromatic rings. The summed E-state index contributed by atoms with van der Waals surface area (Å²) in [5, 5.41) is 4.32. The van der Waals surface area contributed by atoms with Crippen molar-refractivity contribution in [2.75, 3.05) is 6.54 Å². The van der Waals surface area contributed by atoms with E-state index in [-0.39, 0.29) is 18.9 Å². The Bertz CT molecular complexity index is 1060. The molecule has 1 aromatic carbocycles. The molecule has 1 amide bonds. The van der Waals surface area contributed by atoms with Crippen molar-refractivity contribution in [3.8, 4) is 0 Å². The van der Waals surface area contributed by atoms with Gasteiger partial charge in [-0.05, 0) is 26.0 Å². The lowest BCUT2D eigenvalue weighted by atomic mass is 10.2. The number of hydrogen-bond donors (Lipinski definition) is 2. The quantitative estimate of drug-likeness (QED) is 0.685. The fourth-order valence-electron chi connectivity index (χ4n) is 2.89. The van der Waals surface area contributed by atoms with E-state index in [0.29, 0.717) is 17.4 Å². The number of carbonyl (C=O) groups is 1. The average molecular weight is 372 g/mol. The molecular weight excluding hydrogens is 352 g/mol. The Labute approximate surface area is 153 Å². The third kappa shape index (κ3) is 3.91. The van der Waals surface area contributed by atoms with Gasteiger partial charge in [0.15, 0.2) is 0 Å². The van der Waals surface area contributed by atoms with Gasteiger partial charge in [-0.25, -0.2) is 9.78 Å². The van der Waals surface area contributed by atoms with Crippen LogP contribution >= 0.6 is 11.3 Å². The van der Waals surface area contributed by atoms with Gasteiger partial charge in [-0.3, -0.25) is 19.1 Å². The molecule has 7 nitrogen and oxygen atoms in total. The smallest absolute Gasteiger partial charge is 0.328 e. The molecule has 2 aromatic heterocycles. The minimum atomic E-state index is -0.503. The van der Waals surface area contributed by atoms with Gasteiger partial charge in [-0.15, -0.1) is 11.3 Å². The van der Waals surface area contributed by atoms with Crippen LogP contribution in [0.3, 0.4) is 0 Å². The van der Waals surface area contributed by atoms with Crippen LogP contribution in [0.1, 0.15) is 22.0 Å². The van der Waals surface area contributed by atoms with Gasteiger partial charge in [0.05, 0.1) is 21.6 Å². The van der Waals surface area contributed by atoms with E-state index >= 15 is 0 Å². The summed E-state index contributed by atoms with van der Waals surface area (Å²) in [6.45, 7) is 4.67. The van der Waals surface area contributed by atoms with Crippen LogP contribution in [0, 0.1) is 13.8 Å². The number of aromatic nitrogens is 3. The predicted octanol–water partition coefficient (Wildman–Crippen LogP) is 1.51. The van der Waals surface area contributed by atoms with Crippen molar-refractivity contribution in [3.63, 3.8) is 0 Å². The zero-order chi connectivity index (χ0) is 18.7. The maximum Gasteiger partial charge on any atom is 0.328 e. The first-order valence-electron chi connectivity index (χ1n) is 8.37. The third-order valence-corrected chi connectivity index (χ3v) is 5.27. The van der Waals surface area contributed by atoms with E-state index in [0.717, 1.165) is 17.1 Å². The molecule has 0 atom stereocenters. The highest BCUT2D eigenvalue weighted by molar-refractivity contribution is 7.11. The fourth-order valence-corrected chi connectivity index (χ4v) is 3.82. The van der Waals surface area contributed by atoms with Crippen molar-refractivity contribution in [2.24, 2.45) is 0 Å². The molecule has 0 saturated heterocycles. The summed E-state index contributed by atoms with van der Waals surface area (Å²) in [5.74, 6) is -0.133. The summed E-state index contributed by atoms with van der Waals surface area (Å²) in [7, 11) is 0. The number of aryl methyl sites for hydroxylation is 3. The van der Waals surface area contributed by atoms with Crippen LogP contribution in [0.5, 0.6) is 0 Å². The highest BCUT2D eigenvalue weighted by atomic mass is 32.1. The van der Waals surface area contributed by atoms with E-state index in [4.69, 9.17) is 0 Å². The van der Waals surface area contributed by atoms with Gasteiger partial charge in [-0.2, -0.15) is 0 Å². The molecule has 136 valence electrons. The van der Waals surface area contributed by atoms with E-state index in [1.807, 2.05) is 13.8 Å². The standard InChI is InChI=1S/C18H20N4O3S/c1-11-15(26-12(2)20-11)7-9-19-16(23)8-10-22-14-6-4-3-5-13(14)17(24)21-18(22)25/h3-6H,7-10H2,1-2H3,(H,19,23)(H,21,24,25). The van der Waals surface area contributed by atoms with E-state index < -0.39 is 11.2 Å². The zero-order valence-electron chi connectivity index (χ0n) is 14.7. The number of para-hydroxylation sites is 1. The number of aromatic amines is 1. The number of H-pyrrole nitrogens is 1. The Kier molecular flexibility index (Phi) is 5.32. The Morgan fingerprint density at radius 2 is 2.04 bits per heavy atom. The monoisotopic (exact) mass is 372 g/mol. The number of thiazole rings is 1. The first kappa shape index (κ1) is 18.1. The van der Waals surface area contributed by atoms with Gasteiger partial charge >= 0.3 is 5.69 Å². The Morgan fingerprint density at radius 3 is 2.77 bits per heavy atom. The summed E-state index contributed by atoms with van der Waals surface area (Å²) in [5.41, 5.74) is 0.622. The molecular formula is C18H20N4O3S. The van der Waals surface area contributed by atoms with Crippen LogP contribution < -0.4 is 16.6 Å². The van der Waals surface area contributed by atoms with E-state index in [1.165, 1.54) is 9.44 Å². The molecule has 26 heavy (non-hydrogen) atoms. The summed E-state index contributed by atoms with van der Waals surface area (Å²) in [4.78, 5) is 43.9. The van der Waals surface area contributed by atoms with Crippen molar-refractivity contribution in [3.05, 3.63) is 60.7 Å². The maximum absolute atomic E-state index is 12.1. The van der Waals surface area contributed by atoms with Gasteiger partial charge in [0, 0.05) is 30.8 Å². The van der Waals surface area contributed by atoms with E-state index in [9.17, 15) is 14.4 Å². The zero-order valence-corrected chi connectivity index (χ0v) is 15.5. The van der Waals surface area contributed by atoms with Crippen LogP contribution in [-0.4, -0.2) is 27.0 Å². The largest absolute Gasteiger partial charge is 0.356 e. The highest BCUT2D eigenvalue weighted by Gasteiger charge is 2.10. The first-order valence-corrected chi connectivity index (χ1v) is 9.19. The minimum Gasteiger partial charge on any atom is -0.356 e. The Morgan fingerprint density at radius 1 is 1.27 bits per heavy atom. The number of amides is 1. The SMILES string of the molecule is Cc1nc(C)c(CCNC(=O)CCn2c(=O)[nH]c(=O)c3ccccc32)s1. The lowest BCUT2D eigenvalue weighted by molar-refractivity contribution is -0.121. The summed E-state index contributed by atoms with van der Waals surface area (Å²) in [6.07, 6.45) is 0.904. The normalized spacial score (nSPS) is 11.0. The first-order chi connectivity index (χ1) is 12.5. The van der Waals surface area contributed by atoms with Gasteiger partial charge in [0.2, 0.25) is 5.91 Å². The molecule has 0 fully saturated rings. The minimum absolute atomic E-state index is 0.133. The molecule has 8 heteroatoms. The van der Waals surface area contributed by atoms with Gasteiger partial charge in [-0.1, -0.05) is 12.1 Å². The Balaban J connectivity index is 1.61. The van der Waals surface area contributed by atoms with Gasteiger partial charge in [0.1, 0.15) is 0 Å². The summed E-state index contributed by atoms with van der Waals surface area (Å²) >= 11 is 1.64. The lowest BCUT2D eigenvalue weighted by Gasteiger charge is -2.09. The van der Waals surface area contributed by atoms with Crippen molar-refractivity contribution in [1.29, 1.82) is 0 Å². The van der Waals surface area contributed by atoms with Gasteiger partial charge in [0.25, 0.3) is 5.56 Å². The topological polar surface area (TPSA) is 96.8 Å². The fraction of sp³-hybridized carbons (Fsp3) is 0.333. The molecule has 3 rings (SSSR count). The highest BCUT2D eigenvalue weighted by Crippen LogP contribution is 2.17. The third-order valence-electron chi connectivity index (χ3n) is 4.14. The molecule has 0 bridgehead atoms. The number of nitrogens with zero attached hydrogens (tertiary/aromatic N) is 2. The number of rotatable bonds is 6. The second kappa shape index (κ2) is 7.65. The van der Waals surface area contributed by atoms with E-state index in [1.54, 1.807) is 35.6 Å². The molecule has 0 aliphatic carbocycles. The summed E-state index contributed by atoms with van der Waals surface area (Å²) in [6, 6.07) is 6.86. The second-order valence-electron chi connectivity index (χ2n) is 6.02. The number of carbonyl (C=O) groups excluding carboxylic acids is 1. The summed E-state index contributed by atoms with van der Waals surface area (Å²) < 4.78 is 1.42. The number of hydrogen-bond acceptors (Lipinski definition) is 5. The van der Waals surface area contributed by atoms with Crippen LogP contribution in [0.2, 0.25) is 0 Å². The van der Waals surface area contributed by atoms with Crippen LogP contribution in [0.15, 0.2) is 33.9 Å². The molecule has 0 radical (unpaired) electrons. The predicted molar refractivity (Wildman–Crippen MR) is 102 cm³/mol.